The third-order valence-electron chi connectivity index (χ3n) is 2.11. The number of rotatable bonds is 3. The van der Waals surface area contributed by atoms with E-state index in [2.05, 4.69) is 32.2 Å². The van der Waals surface area contributed by atoms with Gasteiger partial charge in [0.15, 0.2) is 17.5 Å². The molecule has 0 aromatic carbocycles. The van der Waals surface area contributed by atoms with E-state index < -0.39 is 0 Å². The molecular weight excluding hydrogens is 204 g/mol. The van der Waals surface area contributed by atoms with Crippen molar-refractivity contribution in [2.45, 2.75) is 19.8 Å². The zero-order valence-corrected chi connectivity index (χ0v) is 9.20. The van der Waals surface area contributed by atoms with Crippen LogP contribution >= 0.6 is 0 Å². The summed E-state index contributed by atoms with van der Waals surface area (Å²) in [7, 11) is 0. The number of aliphatic imine (C=N–C) groups is 1. The minimum absolute atomic E-state index is 0.233. The zero-order valence-electron chi connectivity index (χ0n) is 9.20. The molecule has 2 aromatic heterocycles. The van der Waals surface area contributed by atoms with Gasteiger partial charge in [-0.25, -0.2) is 9.98 Å². The lowest BCUT2D eigenvalue weighted by Crippen LogP contribution is -2.06. The van der Waals surface area contributed by atoms with E-state index in [0.717, 1.165) is 5.82 Å². The number of hydrogen-bond donors (Lipinski definition) is 0. The van der Waals surface area contributed by atoms with Crippen LogP contribution in [0.25, 0.3) is 5.82 Å². The van der Waals surface area contributed by atoms with Gasteiger partial charge in [0.25, 0.3) is 0 Å². The van der Waals surface area contributed by atoms with Crippen LogP contribution < -0.4 is 0 Å². The van der Waals surface area contributed by atoms with Crippen molar-refractivity contribution in [1.82, 2.24) is 25.2 Å². The average molecular weight is 216 g/mol. The average Bonchev–Trinajstić information content (AvgIpc) is 2.78. The Bertz CT molecular complexity index is 502. The van der Waals surface area contributed by atoms with Crippen LogP contribution in [0.15, 0.2) is 23.2 Å². The summed E-state index contributed by atoms with van der Waals surface area (Å²) in [6.07, 6.45) is 0. The van der Waals surface area contributed by atoms with Crippen molar-refractivity contribution in [2.24, 2.45) is 4.99 Å². The van der Waals surface area contributed by atoms with E-state index in [1.807, 2.05) is 26.0 Å². The highest BCUT2D eigenvalue weighted by atomic mass is 15.6. The standard InChI is InChI=1S/C10H12N6/c1-7(2)10-13-14-15-16(10)9-6-4-5-8(11-3)12-9/h4-7H,3H2,1-2H3. The van der Waals surface area contributed by atoms with Crippen LogP contribution in [0.1, 0.15) is 25.6 Å². The van der Waals surface area contributed by atoms with E-state index in [-0.39, 0.29) is 5.92 Å². The molecule has 0 aliphatic carbocycles. The first-order valence-electron chi connectivity index (χ1n) is 4.95. The van der Waals surface area contributed by atoms with Crippen LogP contribution in [0.5, 0.6) is 0 Å². The molecule has 0 amide bonds. The van der Waals surface area contributed by atoms with Gasteiger partial charge < -0.3 is 0 Å². The van der Waals surface area contributed by atoms with E-state index >= 15 is 0 Å². The van der Waals surface area contributed by atoms with Crippen molar-refractivity contribution in [2.75, 3.05) is 0 Å². The first-order chi connectivity index (χ1) is 7.72. The quantitative estimate of drug-likeness (QED) is 0.729. The lowest BCUT2D eigenvalue weighted by molar-refractivity contribution is 0.697. The molecule has 0 aliphatic heterocycles. The molecule has 2 rings (SSSR count). The molecular formula is C10H12N6. The number of pyridine rings is 1. The Balaban J connectivity index is 2.49. The third-order valence-corrected chi connectivity index (χ3v) is 2.11. The van der Waals surface area contributed by atoms with Crippen molar-refractivity contribution in [1.29, 1.82) is 0 Å². The van der Waals surface area contributed by atoms with E-state index in [1.54, 1.807) is 10.7 Å². The van der Waals surface area contributed by atoms with Crippen molar-refractivity contribution in [3.8, 4) is 5.82 Å². The Morgan fingerprint density at radius 2 is 2.19 bits per heavy atom. The number of hydrogen-bond acceptors (Lipinski definition) is 5. The minimum atomic E-state index is 0.233. The molecule has 0 radical (unpaired) electrons. The van der Waals surface area contributed by atoms with Gasteiger partial charge in [0.05, 0.1) is 0 Å². The fourth-order valence-corrected chi connectivity index (χ4v) is 1.34. The molecule has 82 valence electrons. The lowest BCUT2D eigenvalue weighted by atomic mass is 10.2. The van der Waals surface area contributed by atoms with Crippen LogP contribution in [-0.4, -0.2) is 31.9 Å². The minimum Gasteiger partial charge on any atom is -0.245 e. The summed E-state index contributed by atoms with van der Waals surface area (Å²) >= 11 is 0. The first kappa shape index (κ1) is 10.4. The molecule has 2 heterocycles. The van der Waals surface area contributed by atoms with Gasteiger partial charge in [0.1, 0.15) is 0 Å². The van der Waals surface area contributed by atoms with Crippen molar-refractivity contribution >= 4 is 12.5 Å². The maximum absolute atomic E-state index is 4.27. The van der Waals surface area contributed by atoms with Gasteiger partial charge in [-0.15, -0.1) is 5.10 Å². The van der Waals surface area contributed by atoms with Gasteiger partial charge in [-0.2, -0.15) is 4.68 Å². The lowest BCUT2D eigenvalue weighted by Gasteiger charge is -2.05. The number of tetrazole rings is 1. The van der Waals surface area contributed by atoms with Crippen LogP contribution in [0.2, 0.25) is 0 Å². The zero-order chi connectivity index (χ0) is 11.5. The Labute approximate surface area is 93.0 Å². The predicted octanol–water partition coefficient (Wildman–Crippen LogP) is 1.51. The van der Waals surface area contributed by atoms with E-state index in [4.69, 9.17) is 0 Å². The SMILES string of the molecule is C=Nc1cccc(-n2nnnc2C(C)C)n1. The fourth-order valence-electron chi connectivity index (χ4n) is 1.34. The van der Waals surface area contributed by atoms with E-state index in [0.29, 0.717) is 11.6 Å². The maximum atomic E-state index is 4.27. The predicted molar refractivity (Wildman–Crippen MR) is 60.2 cm³/mol. The Kier molecular flexibility index (Phi) is 2.72. The second-order valence-electron chi connectivity index (χ2n) is 3.62. The molecule has 0 aliphatic rings. The molecule has 6 heteroatoms. The number of aromatic nitrogens is 5. The summed E-state index contributed by atoms with van der Waals surface area (Å²) in [5.41, 5.74) is 0. The Morgan fingerprint density at radius 3 is 2.88 bits per heavy atom. The van der Waals surface area contributed by atoms with Gasteiger partial charge in [0, 0.05) is 5.92 Å². The monoisotopic (exact) mass is 216 g/mol. The molecule has 0 unspecified atom stereocenters. The van der Waals surface area contributed by atoms with Gasteiger partial charge >= 0.3 is 0 Å². The van der Waals surface area contributed by atoms with Crippen molar-refractivity contribution in [3.63, 3.8) is 0 Å². The Hall–Kier alpha value is -2.11. The molecule has 0 saturated heterocycles. The summed E-state index contributed by atoms with van der Waals surface area (Å²) in [5, 5.41) is 11.5. The molecule has 2 aromatic rings. The Morgan fingerprint density at radius 1 is 1.38 bits per heavy atom. The van der Waals surface area contributed by atoms with E-state index in [9.17, 15) is 0 Å². The van der Waals surface area contributed by atoms with Crippen LogP contribution in [0.3, 0.4) is 0 Å². The van der Waals surface area contributed by atoms with Crippen LogP contribution in [0, 0.1) is 0 Å². The topological polar surface area (TPSA) is 68.8 Å². The molecule has 0 atom stereocenters. The van der Waals surface area contributed by atoms with Crippen LogP contribution in [0.4, 0.5) is 5.82 Å². The third kappa shape index (κ3) is 1.81. The van der Waals surface area contributed by atoms with Gasteiger partial charge in [-0.05, 0) is 29.3 Å². The van der Waals surface area contributed by atoms with Gasteiger partial charge in [-0.3, -0.25) is 0 Å². The normalized spacial score (nSPS) is 10.7. The first-order valence-corrected chi connectivity index (χ1v) is 4.95. The van der Waals surface area contributed by atoms with E-state index in [1.165, 1.54) is 0 Å². The second-order valence-corrected chi connectivity index (χ2v) is 3.62. The highest BCUT2D eigenvalue weighted by Crippen LogP contribution is 2.15. The molecule has 0 bridgehead atoms. The highest BCUT2D eigenvalue weighted by Gasteiger charge is 2.12. The molecule has 16 heavy (non-hydrogen) atoms. The second kappa shape index (κ2) is 4.18. The summed E-state index contributed by atoms with van der Waals surface area (Å²) in [5.74, 6) is 2.21. The van der Waals surface area contributed by atoms with Gasteiger partial charge in [0.2, 0.25) is 0 Å². The highest BCUT2D eigenvalue weighted by molar-refractivity contribution is 5.42. The summed E-state index contributed by atoms with van der Waals surface area (Å²) in [6.45, 7) is 7.49. The molecule has 0 saturated carbocycles. The molecule has 0 N–H and O–H groups in total. The summed E-state index contributed by atoms with van der Waals surface area (Å²) in [6, 6.07) is 5.45. The van der Waals surface area contributed by atoms with Crippen molar-refractivity contribution in [3.05, 3.63) is 24.0 Å². The molecule has 6 nitrogen and oxygen atoms in total. The summed E-state index contributed by atoms with van der Waals surface area (Å²) in [4.78, 5) is 8.04. The van der Waals surface area contributed by atoms with Gasteiger partial charge in [-0.1, -0.05) is 19.9 Å². The number of nitrogens with zero attached hydrogens (tertiary/aromatic N) is 6. The summed E-state index contributed by atoms with van der Waals surface area (Å²) < 4.78 is 1.61. The largest absolute Gasteiger partial charge is 0.245 e. The fraction of sp³-hybridized carbons (Fsp3) is 0.300. The van der Waals surface area contributed by atoms with Crippen molar-refractivity contribution < 1.29 is 0 Å². The smallest absolute Gasteiger partial charge is 0.161 e. The molecule has 0 spiro atoms. The van der Waals surface area contributed by atoms with Crippen LogP contribution in [-0.2, 0) is 0 Å². The molecule has 0 fully saturated rings. The maximum Gasteiger partial charge on any atom is 0.161 e.